The Morgan fingerprint density at radius 2 is 2.33 bits per heavy atom. The Kier molecular flexibility index (Phi) is 2.53. The highest BCUT2D eigenvalue weighted by Crippen LogP contribution is 2.13. The van der Waals surface area contributed by atoms with Gasteiger partial charge in [0, 0.05) is 17.6 Å². The number of nitrogens with zero attached hydrogens (tertiary/aromatic N) is 2. The monoisotopic (exact) mass is 184 g/mol. The molecule has 2 heterocycles. The molecule has 0 amide bonds. The van der Waals surface area contributed by atoms with Crippen LogP contribution < -0.4 is 10.6 Å². The summed E-state index contributed by atoms with van der Waals surface area (Å²) >= 11 is 1.42. The van der Waals surface area contributed by atoms with Crippen LogP contribution in [-0.2, 0) is 0 Å². The van der Waals surface area contributed by atoms with Crippen LogP contribution in [0, 0.1) is 0 Å². The Morgan fingerprint density at radius 3 is 3.00 bits per heavy atom. The highest BCUT2D eigenvalue weighted by Gasteiger charge is 2.12. The molecular formula is C7H12N4S. The predicted molar refractivity (Wildman–Crippen MR) is 49.4 cm³/mol. The van der Waals surface area contributed by atoms with E-state index in [0.717, 1.165) is 18.2 Å². The van der Waals surface area contributed by atoms with E-state index in [0.29, 0.717) is 6.04 Å². The van der Waals surface area contributed by atoms with Crippen LogP contribution in [0.15, 0.2) is 6.33 Å². The molecule has 2 N–H and O–H groups in total. The summed E-state index contributed by atoms with van der Waals surface area (Å²) in [6.45, 7) is 2.22. The minimum atomic E-state index is 0.583. The number of rotatable bonds is 2. The molecule has 1 aliphatic rings. The van der Waals surface area contributed by atoms with Crippen LogP contribution in [-0.4, -0.2) is 28.5 Å². The number of hydrogen-bond acceptors (Lipinski definition) is 5. The van der Waals surface area contributed by atoms with Crippen molar-refractivity contribution < 1.29 is 0 Å². The van der Waals surface area contributed by atoms with Crippen molar-refractivity contribution in [2.75, 3.05) is 18.4 Å². The van der Waals surface area contributed by atoms with Gasteiger partial charge in [0.25, 0.3) is 0 Å². The fourth-order valence-corrected chi connectivity index (χ4v) is 1.89. The molecule has 4 nitrogen and oxygen atoms in total. The molecule has 66 valence electrons. The molecule has 2 rings (SSSR count). The summed E-state index contributed by atoms with van der Waals surface area (Å²) in [6.07, 6.45) is 3.95. The highest BCUT2D eigenvalue weighted by molar-refractivity contribution is 7.09. The lowest BCUT2D eigenvalue weighted by Gasteiger charge is -2.22. The maximum Gasteiger partial charge on any atom is 0.202 e. The highest BCUT2D eigenvalue weighted by atomic mass is 32.1. The fraction of sp³-hybridized carbons (Fsp3) is 0.714. The molecule has 0 spiro atoms. The molecule has 0 bridgehead atoms. The summed E-state index contributed by atoms with van der Waals surface area (Å²) in [7, 11) is 0. The van der Waals surface area contributed by atoms with Crippen LogP contribution >= 0.6 is 11.5 Å². The first-order chi connectivity index (χ1) is 5.95. The van der Waals surface area contributed by atoms with Crippen molar-refractivity contribution in [3.8, 4) is 0 Å². The summed E-state index contributed by atoms with van der Waals surface area (Å²) < 4.78 is 3.94. The molecule has 5 heteroatoms. The van der Waals surface area contributed by atoms with Gasteiger partial charge in [-0.2, -0.15) is 4.37 Å². The predicted octanol–water partition coefficient (Wildman–Crippen LogP) is 0.702. The lowest BCUT2D eigenvalue weighted by Crippen LogP contribution is -2.35. The molecule has 1 fully saturated rings. The van der Waals surface area contributed by atoms with Gasteiger partial charge in [0.2, 0.25) is 5.13 Å². The SMILES string of the molecule is c1nsc(NC2CCNCC2)n1. The number of aromatic nitrogens is 2. The van der Waals surface area contributed by atoms with Gasteiger partial charge in [-0.25, -0.2) is 4.98 Å². The van der Waals surface area contributed by atoms with Crippen molar-refractivity contribution in [1.29, 1.82) is 0 Å². The third kappa shape index (κ3) is 1.92. The number of hydrogen-bond donors (Lipinski definition) is 2. The average Bonchev–Trinajstić information content (AvgIpc) is 2.59. The molecule has 0 aliphatic carbocycles. The zero-order valence-electron chi connectivity index (χ0n) is 6.79. The minimum Gasteiger partial charge on any atom is -0.357 e. The molecule has 1 aromatic rings. The number of nitrogens with one attached hydrogen (secondary N) is 2. The molecular weight excluding hydrogens is 172 g/mol. The largest absolute Gasteiger partial charge is 0.357 e. The van der Waals surface area contributed by atoms with Crippen molar-refractivity contribution in [3.05, 3.63) is 6.33 Å². The standard InChI is InChI=1S/C7H12N4S/c1-3-8-4-2-6(1)11-7-9-5-10-12-7/h5-6,8H,1-4H2,(H,9,10,11). The van der Waals surface area contributed by atoms with E-state index in [4.69, 9.17) is 0 Å². The normalized spacial score (nSPS) is 19.3. The first-order valence-electron chi connectivity index (χ1n) is 4.19. The Labute approximate surface area is 75.6 Å². The van der Waals surface area contributed by atoms with Gasteiger partial charge in [0.1, 0.15) is 6.33 Å². The lowest BCUT2D eigenvalue weighted by atomic mass is 10.1. The topological polar surface area (TPSA) is 49.8 Å². The van der Waals surface area contributed by atoms with Gasteiger partial charge in [-0.05, 0) is 25.9 Å². The van der Waals surface area contributed by atoms with E-state index < -0.39 is 0 Å². The molecule has 0 aromatic carbocycles. The Hall–Kier alpha value is -0.680. The van der Waals surface area contributed by atoms with E-state index in [2.05, 4.69) is 20.0 Å². The zero-order valence-corrected chi connectivity index (χ0v) is 7.60. The molecule has 0 unspecified atom stereocenters. The first kappa shape index (κ1) is 7.94. The quantitative estimate of drug-likeness (QED) is 0.710. The maximum absolute atomic E-state index is 4.09. The first-order valence-corrected chi connectivity index (χ1v) is 4.96. The van der Waals surface area contributed by atoms with E-state index in [9.17, 15) is 0 Å². The van der Waals surface area contributed by atoms with Crippen molar-refractivity contribution in [2.24, 2.45) is 0 Å². The van der Waals surface area contributed by atoms with Gasteiger partial charge >= 0.3 is 0 Å². The van der Waals surface area contributed by atoms with Crippen molar-refractivity contribution >= 4 is 16.7 Å². The van der Waals surface area contributed by atoms with Crippen LogP contribution in [0.4, 0.5) is 5.13 Å². The summed E-state index contributed by atoms with van der Waals surface area (Å²) in [5, 5.41) is 7.63. The van der Waals surface area contributed by atoms with Gasteiger partial charge in [-0.15, -0.1) is 0 Å². The number of anilines is 1. The summed E-state index contributed by atoms with van der Waals surface area (Å²) in [5.74, 6) is 0. The van der Waals surface area contributed by atoms with E-state index in [-0.39, 0.29) is 0 Å². The Morgan fingerprint density at radius 1 is 1.50 bits per heavy atom. The molecule has 1 aliphatic heterocycles. The van der Waals surface area contributed by atoms with Crippen molar-refractivity contribution in [3.63, 3.8) is 0 Å². The van der Waals surface area contributed by atoms with Gasteiger partial charge < -0.3 is 10.6 Å². The molecule has 12 heavy (non-hydrogen) atoms. The second kappa shape index (κ2) is 3.82. The van der Waals surface area contributed by atoms with Gasteiger partial charge in [-0.1, -0.05) is 0 Å². The summed E-state index contributed by atoms with van der Waals surface area (Å²) in [6, 6.07) is 0.583. The zero-order chi connectivity index (χ0) is 8.23. The molecule has 1 aromatic heterocycles. The van der Waals surface area contributed by atoms with Gasteiger partial charge in [0.05, 0.1) is 0 Å². The van der Waals surface area contributed by atoms with E-state index in [1.54, 1.807) is 6.33 Å². The smallest absolute Gasteiger partial charge is 0.202 e. The van der Waals surface area contributed by atoms with Crippen LogP contribution in [0.3, 0.4) is 0 Å². The average molecular weight is 184 g/mol. The Balaban J connectivity index is 1.86. The second-order valence-electron chi connectivity index (χ2n) is 2.92. The second-order valence-corrected chi connectivity index (χ2v) is 3.70. The summed E-state index contributed by atoms with van der Waals surface area (Å²) in [5.41, 5.74) is 0. The van der Waals surface area contributed by atoms with Gasteiger partial charge in [0.15, 0.2) is 0 Å². The van der Waals surface area contributed by atoms with Gasteiger partial charge in [-0.3, -0.25) is 0 Å². The van der Waals surface area contributed by atoms with E-state index in [1.165, 1.54) is 24.4 Å². The molecule has 0 radical (unpaired) electrons. The van der Waals surface area contributed by atoms with Crippen molar-refractivity contribution in [2.45, 2.75) is 18.9 Å². The molecule has 1 saturated heterocycles. The van der Waals surface area contributed by atoms with Crippen molar-refractivity contribution in [1.82, 2.24) is 14.7 Å². The third-order valence-corrected chi connectivity index (χ3v) is 2.62. The molecule has 0 saturated carbocycles. The van der Waals surface area contributed by atoms with Crippen LogP contribution in [0.2, 0.25) is 0 Å². The van der Waals surface area contributed by atoms with Crippen LogP contribution in [0.25, 0.3) is 0 Å². The maximum atomic E-state index is 4.09. The van der Waals surface area contributed by atoms with E-state index >= 15 is 0 Å². The van der Waals surface area contributed by atoms with Crippen LogP contribution in [0.5, 0.6) is 0 Å². The lowest BCUT2D eigenvalue weighted by molar-refractivity contribution is 0.479. The minimum absolute atomic E-state index is 0.583. The molecule has 0 atom stereocenters. The Bertz CT molecular complexity index is 217. The number of piperidine rings is 1. The summed E-state index contributed by atoms with van der Waals surface area (Å²) in [4.78, 5) is 4.09. The van der Waals surface area contributed by atoms with Crippen LogP contribution in [0.1, 0.15) is 12.8 Å². The van der Waals surface area contributed by atoms with E-state index in [1.807, 2.05) is 0 Å². The fourth-order valence-electron chi connectivity index (χ4n) is 1.38. The third-order valence-electron chi connectivity index (χ3n) is 2.03.